The number of rotatable bonds is 7. The smallest absolute Gasteiger partial charge is 0.306 e. The normalized spacial score (nSPS) is 10.2. The second-order valence-electron chi connectivity index (χ2n) is 3.51. The molecule has 0 aliphatic rings. The van der Waals surface area contributed by atoms with Crippen LogP contribution in [0.4, 0.5) is 0 Å². The zero-order valence-corrected chi connectivity index (χ0v) is 9.46. The monoisotopic (exact) mass is 240 g/mol. The third-order valence-corrected chi connectivity index (χ3v) is 2.16. The lowest BCUT2D eigenvalue weighted by atomic mass is 10.4. The van der Waals surface area contributed by atoms with E-state index in [-0.39, 0.29) is 24.3 Å². The summed E-state index contributed by atoms with van der Waals surface area (Å²) >= 11 is 0. The van der Waals surface area contributed by atoms with Crippen LogP contribution < -0.4 is 16.0 Å². The quantitative estimate of drug-likeness (QED) is 0.702. The van der Waals surface area contributed by atoms with Gasteiger partial charge >= 0.3 is 5.97 Å². The number of ether oxygens (including phenoxy) is 1. The fourth-order valence-electron chi connectivity index (χ4n) is 1.31. The van der Waals surface area contributed by atoms with Gasteiger partial charge in [0.25, 0.3) is 5.56 Å². The molecule has 1 aromatic rings. The van der Waals surface area contributed by atoms with Gasteiger partial charge < -0.3 is 20.1 Å². The summed E-state index contributed by atoms with van der Waals surface area (Å²) in [6, 6.07) is 3.22. The van der Waals surface area contributed by atoms with Crippen LogP contribution in [0.5, 0.6) is 5.75 Å². The highest BCUT2D eigenvalue weighted by molar-refractivity contribution is 5.66. The van der Waals surface area contributed by atoms with Crippen molar-refractivity contribution in [3.63, 3.8) is 0 Å². The molecule has 0 radical (unpaired) electrons. The van der Waals surface area contributed by atoms with Crippen molar-refractivity contribution in [3.05, 3.63) is 28.7 Å². The predicted molar refractivity (Wildman–Crippen MR) is 62.1 cm³/mol. The van der Waals surface area contributed by atoms with E-state index in [1.807, 2.05) is 0 Å². The number of pyridine rings is 1. The van der Waals surface area contributed by atoms with Crippen molar-refractivity contribution in [2.45, 2.75) is 19.4 Å². The number of aliphatic carboxylic acids is 1. The Morgan fingerprint density at radius 2 is 2.29 bits per heavy atom. The molecule has 6 heteroatoms. The zero-order valence-electron chi connectivity index (χ0n) is 9.46. The van der Waals surface area contributed by atoms with Gasteiger partial charge in [-0.05, 0) is 25.1 Å². The molecule has 0 unspecified atom stereocenters. The van der Waals surface area contributed by atoms with Gasteiger partial charge in [0.2, 0.25) is 0 Å². The number of aromatic nitrogens is 1. The molecule has 3 N–H and O–H groups in total. The standard InChI is InChI=1S/C11H16N2O4/c12-5-2-7-13-6-1-3-9(11(13)16)17-8-4-10(14)15/h1,3,6H,2,4-5,7-8,12H2,(H,14,15). The summed E-state index contributed by atoms with van der Waals surface area (Å²) in [5, 5.41) is 8.45. The Morgan fingerprint density at radius 1 is 1.53 bits per heavy atom. The molecule has 0 spiro atoms. The van der Waals surface area contributed by atoms with Gasteiger partial charge in [0, 0.05) is 12.7 Å². The molecule has 0 aromatic carbocycles. The molecule has 0 fully saturated rings. The molecule has 0 saturated carbocycles. The molecule has 0 amide bonds. The number of nitrogens with zero attached hydrogens (tertiary/aromatic N) is 1. The first-order valence-electron chi connectivity index (χ1n) is 5.39. The molecule has 0 bridgehead atoms. The van der Waals surface area contributed by atoms with E-state index in [4.69, 9.17) is 15.6 Å². The van der Waals surface area contributed by atoms with Crippen LogP contribution in [0.1, 0.15) is 12.8 Å². The van der Waals surface area contributed by atoms with Crippen molar-refractivity contribution in [3.8, 4) is 5.75 Å². The molecule has 1 rings (SSSR count). The largest absolute Gasteiger partial charge is 0.487 e. The average Bonchev–Trinajstić information content (AvgIpc) is 2.29. The summed E-state index contributed by atoms with van der Waals surface area (Å²) in [5.41, 5.74) is 5.11. The van der Waals surface area contributed by atoms with E-state index < -0.39 is 5.97 Å². The minimum absolute atomic E-state index is 0.00846. The SMILES string of the molecule is NCCCn1cccc(OCCC(=O)O)c1=O. The van der Waals surface area contributed by atoms with Crippen molar-refractivity contribution in [1.82, 2.24) is 4.57 Å². The van der Waals surface area contributed by atoms with Crippen LogP contribution in [0.15, 0.2) is 23.1 Å². The van der Waals surface area contributed by atoms with E-state index in [0.717, 1.165) is 0 Å². The summed E-state index contributed by atoms with van der Waals surface area (Å²) in [6.45, 7) is 1.04. The first-order chi connectivity index (χ1) is 8.15. The van der Waals surface area contributed by atoms with Crippen LogP contribution in [0.25, 0.3) is 0 Å². The van der Waals surface area contributed by atoms with E-state index in [2.05, 4.69) is 0 Å². The van der Waals surface area contributed by atoms with Crippen molar-refractivity contribution in [2.75, 3.05) is 13.2 Å². The third-order valence-electron chi connectivity index (χ3n) is 2.16. The van der Waals surface area contributed by atoms with E-state index >= 15 is 0 Å². The van der Waals surface area contributed by atoms with Gasteiger partial charge in [0.1, 0.15) is 0 Å². The first-order valence-corrected chi connectivity index (χ1v) is 5.39. The average molecular weight is 240 g/mol. The molecule has 17 heavy (non-hydrogen) atoms. The summed E-state index contributed by atoms with van der Waals surface area (Å²) in [4.78, 5) is 22.1. The topological polar surface area (TPSA) is 94.6 Å². The van der Waals surface area contributed by atoms with Crippen LogP contribution in [-0.2, 0) is 11.3 Å². The molecule has 0 aliphatic carbocycles. The van der Waals surface area contributed by atoms with Gasteiger partial charge in [0.05, 0.1) is 13.0 Å². The van der Waals surface area contributed by atoms with E-state index in [0.29, 0.717) is 19.5 Å². The lowest BCUT2D eigenvalue weighted by molar-refractivity contribution is -0.137. The van der Waals surface area contributed by atoms with Crippen LogP contribution in [0.2, 0.25) is 0 Å². The van der Waals surface area contributed by atoms with Crippen LogP contribution in [0.3, 0.4) is 0 Å². The van der Waals surface area contributed by atoms with Crippen LogP contribution in [-0.4, -0.2) is 28.8 Å². The number of hydrogen-bond donors (Lipinski definition) is 2. The van der Waals surface area contributed by atoms with Crippen molar-refractivity contribution in [1.29, 1.82) is 0 Å². The molecule has 0 saturated heterocycles. The maximum atomic E-state index is 11.8. The van der Waals surface area contributed by atoms with Crippen molar-refractivity contribution in [2.24, 2.45) is 5.73 Å². The molecular weight excluding hydrogens is 224 g/mol. The molecule has 1 heterocycles. The Labute approximate surface area is 98.6 Å². The first kappa shape index (κ1) is 13.2. The summed E-state index contributed by atoms with van der Waals surface area (Å²) < 4.78 is 6.63. The van der Waals surface area contributed by atoms with Gasteiger partial charge in [0.15, 0.2) is 5.75 Å². The lowest BCUT2D eigenvalue weighted by Gasteiger charge is -2.08. The van der Waals surface area contributed by atoms with E-state index in [1.165, 1.54) is 10.6 Å². The molecule has 0 aliphatic heterocycles. The maximum absolute atomic E-state index is 11.8. The highest BCUT2D eigenvalue weighted by Crippen LogP contribution is 2.02. The second-order valence-corrected chi connectivity index (χ2v) is 3.51. The Hall–Kier alpha value is -1.82. The lowest BCUT2D eigenvalue weighted by Crippen LogP contribution is -2.23. The number of carbonyl (C=O) groups is 1. The molecule has 6 nitrogen and oxygen atoms in total. The van der Waals surface area contributed by atoms with Crippen LogP contribution >= 0.6 is 0 Å². The van der Waals surface area contributed by atoms with Crippen LogP contribution in [0, 0.1) is 0 Å². The zero-order chi connectivity index (χ0) is 12.7. The Kier molecular flexibility index (Phi) is 5.22. The van der Waals surface area contributed by atoms with Gasteiger partial charge in [-0.25, -0.2) is 0 Å². The summed E-state index contributed by atoms with van der Waals surface area (Å²) in [5.74, 6) is -0.782. The molecule has 1 aromatic heterocycles. The summed E-state index contributed by atoms with van der Waals surface area (Å²) in [6.07, 6.45) is 2.23. The van der Waals surface area contributed by atoms with Gasteiger partial charge in [-0.15, -0.1) is 0 Å². The number of aryl methyl sites for hydroxylation is 1. The predicted octanol–water partition coefficient (Wildman–Crippen LogP) is 0.0506. The number of carboxylic acid groups (broad SMARTS) is 1. The second kappa shape index (κ2) is 6.70. The summed E-state index contributed by atoms with van der Waals surface area (Å²) in [7, 11) is 0. The minimum atomic E-state index is -0.954. The Bertz CT molecular complexity index is 428. The maximum Gasteiger partial charge on any atom is 0.306 e. The minimum Gasteiger partial charge on any atom is -0.487 e. The van der Waals surface area contributed by atoms with E-state index in [1.54, 1.807) is 12.3 Å². The van der Waals surface area contributed by atoms with Crippen molar-refractivity contribution >= 4 is 5.97 Å². The van der Waals surface area contributed by atoms with Gasteiger partial charge in [-0.2, -0.15) is 0 Å². The highest BCUT2D eigenvalue weighted by Gasteiger charge is 2.05. The number of nitrogens with two attached hydrogens (primary N) is 1. The highest BCUT2D eigenvalue weighted by atomic mass is 16.5. The van der Waals surface area contributed by atoms with Crippen molar-refractivity contribution < 1.29 is 14.6 Å². The number of hydrogen-bond acceptors (Lipinski definition) is 4. The number of carboxylic acids is 1. The third kappa shape index (κ3) is 4.28. The fraction of sp³-hybridized carbons (Fsp3) is 0.455. The van der Waals surface area contributed by atoms with E-state index in [9.17, 15) is 9.59 Å². The molecule has 94 valence electrons. The fourth-order valence-corrected chi connectivity index (χ4v) is 1.31. The molecular formula is C11H16N2O4. The molecule has 0 atom stereocenters. The Balaban J connectivity index is 2.66. The Morgan fingerprint density at radius 3 is 2.94 bits per heavy atom. The van der Waals surface area contributed by atoms with Gasteiger partial charge in [-0.3, -0.25) is 9.59 Å². The van der Waals surface area contributed by atoms with Gasteiger partial charge in [-0.1, -0.05) is 0 Å².